The standard InChI is InChI=1S/C23H30N2O2/c1-5-10-17(2)23(27)25(16-20-11-7-6-8-12-20)18(3)21-13-9-14-22(15-21)24-19(4)26/h6-9,11-15,17-18H,5,10,16H2,1-4H3,(H,24,26). The number of carbonyl (C=O) groups excluding carboxylic acids is 2. The van der Waals surface area contributed by atoms with E-state index in [1.165, 1.54) is 6.92 Å². The van der Waals surface area contributed by atoms with Gasteiger partial charge in [0.15, 0.2) is 0 Å². The van der Waals surface area contributed by atoms with Crippen molar-refractivity contribution in [2.24, 2.45) is 5.92 Å². The highest BCUT2D eigenvalue weighted by molar-refractivity contribution is 5.88. The molecule has 4 nitrogen and oxygen atoms in total. The summed E-state index contributed by atoms with van der Waals surface area (Å²) >= 11 is 0. The summed E-state index contributed by atoms with van der Waals surface area (Å²) in [5.74, 6) is 0.0476. The van der Waals surface area contributed by atoms with Crippen molar-refractivity contribution in [1.82, 2.24) is 4.90 Å². The van der Waals surface area contributed by atoms with E-state index in [4.69, 9.17) is 0 Å². The number of benzene rings is 2. The average molecular weight is 367 g/mol. The van der Waals surface area contributed by atoms with Gasteiger partial charge in [0.25, 0.3) is 0 Å². The molecule has 0 bridgehead atoms. The van der Waals surface area contributed by atoms with Gasteiger partial charge in [-0.15, -0.1) is 0 Å². The first-order chi connectivity index (χ1) is 12.9. The zero-order valence-corrected chi connectivity index (χ0v) is 16.7. The van der Waals surface area contributed by atoms with Crippen LogP contribution in [0.1, 0.15) is 57.7 Å². The highest BCUT2D eigenvalue weighted by Crippen LogP contribution is 2.27. The van der Waals surface area contributed by atoms with Crippen molar-refractivity contribution in [2.75, 3.05) is 5.32 Å². The fourth-order valence-electron chi connectivity index (χ4n) is 3.28. The average Bonchev–Trinajstić information content (AvgIpc) is 2.66. The summed E-state index contributed by atoms with van der Waals surface area (Å²) < 4.78 is 0. The Morgan fingerprint density at radius 3 is 2.37 bits per heavy atom. The molecule has 0 heterocycles. The summed E-state index contributed by atoms with van der Waals surface area (Å²) in [4.78, 5) is 26.5. The number of hydrogen-bond acceptors (Lipinski definition) is 2. The Morgan fingerprint density at radius 1 is 1.04 bits per heavy atom. The van der Waals surface area contributed by atoms with E-state index in [0.717, 1.165) is 29.7 Å². The van der Waals surface area contributed by atoms with Gasteiger partial charge in [-0.05, 0) is 36.6 Å². The van der Waals surface area contributed by atoms with Crippen LogP contribution in [0.3, 0.4) is 0 Å². The quantitative estimate of drug-likeness (QED) is 0.700. The van der Waals surface area contributed by atoms with Crippen LogP contribution >= 0.6 is 0 Å². The first-order valence-electron chi connectivity index (χ1n) is 9.64. The third kappa shape index (κ3) is 5.95. The van der Waals surface area contributed by atoms with E-state index in [-0.39, 0.29) is 23.8 Å². The van der Waals surface area contributed by atoms with Crippen molar-refractivity contribution in [3.05, 3.63) is 65.7 Å². The van der Waals surface area contributed by atoms with Crippen LogP contribution in [0, 0.1) is 5.92 Å². The number of hydrogen-bond donors (Lipinski definition) is 1. The van der Waals surface area contributed by atoms with Crippen LogP contribution < -0.4 is 5.32 Å². The van der Waals surface area contributed by atoms with Crippen LogP contribution in [0.4, 0.5) is 5.69 Å². The number of rotatable bonds is 8. The van der Waals surface area contributed by atoms with Crippen molar-refractivity contribution in [2.45, 2.75) is 53.1 Å². The Labute approximate surface area is 162 Å². The van der Waals surface area contributed by atoms with Gasteiger partial charge in [0.05, 0.1) is 6.04 Å². The van der Waals surface area contributed by atoms with E-state index in [1.807, 2.05) is 73.3 Å². The predicted molar refractivity (Wildman–Crippen MR) is 110 cm³/mol. The fraction of sp³-hybridized carbons (Fsp3) is 0.391. The second-order valence-electron chi connectivity index (χ2n) is 7.12. The summed E-state index contributed by atoms with van der Waals surface area (Å²) in [5.41, 5.74) is 2.87. The monoisotopic (exact) mass is 366 g/mol. The van der Waals surface area contributed by atoms with Gasteiger partial charge in [-0.2, -0.15) is 0 Å². The number of amides is 2. The molecule has 144 valence electrons. The van der Waals surface area contributed by atoms with Gasteiger partial charge >= 0.3 is 0 Å². The van der Waals surface area contributed by atoms with Crippen molar-refractivity contribution in [3.63, 3.8) is 0 Å². The third-order valence-electron chi connectivity index (χ3n) is 4.78. The summed E-state index contributed by atoms with van der Waals surface area (Å²) in [5, 5.41) is 2.82. The molecule has 0 aliphatic rings. The predicted octanol–water partition coefficient (Wildman–Crippen LogP) is 5.17. The normalized spacial score (nSPS) is 12.9. The maximum atomic E-state index is 13.2. The van der Waals surface area contributed by atoms with E-state index in [0.29, 0.717) is 6.54 Å². The lowest BCUT2D eigenvalue weighted by molar-refractivity contribution is -0.138. The van der Waals surface area contributed by atoms with Gasteiger partial charge in [0.2, 0.25) is 11.8 Å². The molecule has 0 saturated heterocycles. The van der Waals surface area contributed by atoms with E-state index < -0.39 is 0 Å². The van der Waals surface area contributed by atoms with Gasteiger partial charge in [-0.1, -0.05) is 62.7 Å². The highest BCUT2D eigenvalue weighted by Gasteiger charge is 2.25. The lowest BCUT2D eigenvalue weighted by Gasteiger charge is -2.32. The minimum Gasteiger partial charge on any atom is -0.331 e. The molecule has 0 aromatic heterocycles. The van der Waals surface area contributed by atoms with Crippen LogP contribution in [-0.4, -0.2) is 16.7 Å². The second-order valence-corrected chi connectivity index (χ2v) is 7.12. The molecule has 2 atom stereocenters. The van der Waals surface area contributed by atoms with Crippen molar-refractivity contribution < 1.29 is 9.59 Å². The zero-order valence-electron chi connectivity index (χ0n) is 16.7. The van der Waals surface area contributed by atoms with E-state index in [2.05, 4.69) is 12.2 Å². The molecule has 2 aromatic rings. The van der Waals surface area contributed by atoms with Crippen molar-refractivity contribution in [1.29, 1.82) is 0 Å². The second kappa shape index (κ2) is 9.91. The van der Waals surface area contributed by atoms with Crippen molar-refractivity contribution in [3.8, 4) is 0 Å². The summed E-state index contributed by atoms with van der Waals surface area (Å²) in [7, 11) is 0. The van der Waals surface area contributed by atoms with Crippen LogP contribution in [0.15, 0.2) is 54.6 Å². The molecule has 0 aliphatic carbocycles. The third-order valence-corrected chi connectivity index (χ3v) is 4.78. The molecule has 0 saturated carbocycles. The number of nitrogens with one attached hydrogen (secondary N) is 1. The first kappa shape index (κ1) is 20.7. The molecular formula is C23H30N2O2. The van der Waals surface area contributed by atoms with E-state index >= 15 is 0 Å². The van der Waals surface area contributed by atoms with Gasteiger partial charge in [-0.3, -0.25) is 9.59 Å². The van der Waals surface area contributed by atoms with Gasteiger partial charge in [0.1, 0.15) is 0 Å². The first-order valence-corrected chi connectivity index (χ1v) is 9.64. The maximum absolute atomic E-state index is 13.2. The Morgan fingerprint density at radius 2 is 1.74 bits per heavy atom. The Hall–Kier alpha value is -2.62. The van der Waals surface area contributed by atoms with Gasteiger partial charge in [-0.25, -0.2) is 0 Å². The molecule has 1 N–H and O–H groups in total. The molecule has 4 heteroatoms. The Kier molecular flexibility index (Phi) is 7.59. The smallest absolute Gasteiger partial charge is 0.226 e. The maximum Gasteiger partial charge on any atom is 0.226 e. The van der Waals surface area contributed by atoms with Crippen molar-refractivity contribution >= 4 is 17.5 Å². The highest BCUT2D eigenvalue weighted by atomic mass is 16.2. The zero-order chi connectivity index (χ0) is 19.8. The number of anilines is 1. The lowest BCUT2D eigenvalue weighted by Crippen LogP contribution is -2.36. The minimum atomic E-state index is -0.103. The molecule has 2 rings (SSSR count). The molecule has 27 heavy (non-hydrogen) atoms. The largest absolute Gasteiger partial charge is 0.331 e. The molecule has 0 aliphatic heterocycles. The number of nitrogens with zero attached hydrogens (tertiary/aromatic N) is 1. The van der Waals surface area contributed by atoms with Gasteiger partial charge < -0.3 is 10.2 Å². The Bertz CT molecular complexity index is 758. The molecule has 2 unspecified atom stereocenters. The minimum absolute atomic E-state index is 0.0142. The molecule has 0 fully saturated rings. The Balaban J connectivity index is 2.31. The molecular weight excluding hydrogens is 336 g/mol. The van der Waals surface area contributed by atoms with Crippen LogP contribution in [0.2, 0.25) is 0 Å². The topological polar surface area (TPSA) is 49.4 Å². The van der Waals surface area contributed by atoms with Gasteiger partial charge in [0, 0.05) is 25.1 Å². The van der Waals surface area contributed by atoms with E-state index in [1.54, 1.807) is 0 Å². The molecule has 2 aromatic carbocycles. The number of carbonyl (C=O) groups is 2. The SMILES string of the molecule is CCCC(C)C(=O)N(Cc1ccccc1)C(C)c1cccc(NC(C)=O)c1. The lowest BCUT2D eigenvalue weighted by atomic mass is 10.00. The molecule has 0 radical (unpaired) electrons. The van der Waals surface area contributed by atoms with Crippen LogP contribution in [0.5, 0.6) is 0 Å². The summed E-state index contributed by atoms with van der Waals surface area (Å²) in [6, 6.07) is 17.7. The van der Waals surface area contributed by atoms with E-state index in [9.17, 15) is 9.59 Å². The summed E-state index contributed by atoms with van der Waals surface area (Å²) in [6.45, 7) is 8.22. The summed E-state index contributed by atoms with van der Waals surface area (Å²) in [6.07, 6.45) is 1.86. The van der Waals surface area contributed by atoms with Crippen LogP contribution in [-0.2, 0) is 16.1 Å². The molecule has 0 spiro atoms. The molecule has 2 amide bonds. The van der Waals surface area contributed by atoms with Crippen LogP contribution in [0.25, 0.3) is 0 Å². The fourth-order valence-corrected chi connectivity index (χ4v) is 3.28.